The normalized spacial score (nSPS) is 41.5. The molecule has 0 aromatic rings. The monoisotopic (exact) mass is 207 g/mol. The van der Waals surface area contributed by atoms with Crippen molar-refractivity contribution in [1.82, 2.24) is 5.32 Å². The third-order valence-corrected chi connectivity index (χ3v) is 4.76. The van der Waals surface area contributed by atoms with Gasteiger partial charge in [-0.3, -0.25) is 4.79 Å². The van der Waals surface area contributed by atoms with Crippen LogP contribution in [0.25, 0.3) is 0 Å². The molecule has 1 N–H and O–H groups in total. The Morgan fingerprint density at radius 1 is 1.27 bits per heavy atom. The van der Waals surface area contributed by atoms with Crippen LogP contribution in [0.3, 0.4) is 0 Å². The van der Waals surface area contributed by atoms with Gasteiger partial charge in [0.15, 0.2) is 0 Å². The van der Waals surface area contributed by atoms with E-state index in [9.17, 15) is 4.79 Å². The van der Waals surface area contributed by atoms with Crippen LogP contribution in [0.4, 0.5) is 0 Å². The molecule has 0 bridgehead atoms. The summed E-state index contributed by atoms with van der Waals surface area (Å²) in [7, 11) is 0. The number of ketones is 1. The Morgan fingerprint density at radius 2 is 2.07 bits per heavy atom. The lowest BCUT2D eigenvalue weighted by Gasteiger charge is -2.24. The van der Waals surface area contributed by atoms with Crippen molar-refractivity contribution in [3.05, 3.63) is 0 Å². The molecule has 4 atom stereocenters. The van der Waals surface area contributed by atoms with Gasteiger partial charge in [-0.05, 0) is 44.1 Å². The Labute approximate surface area is 91.8 Å². The van der Waals surface area contributed by atoms with E-state index in [2.05, 4.69) is 12.2 Å². The second-order valence-corrected chi connectivity index (χ2v) is 5.75. The zero-order chi connectivity index (χ0) is 10.4. The summed E-state index contributed by atoms with van der Waals surface area (Å²) in [4.78, 5) is 12.0. The van der Waals surface area contributed by atoms with Crippen LogP contribution in [-0.4, -0.2) is 18.4 Å². The molecule has 0 spiro atoms. The van der Waals surface area contributed by atoms with Crippen LogP contribution < -0.4 is 5.32 Å². The van der Waals surface area contributed by atoms with Gasteiger partial charge in [-0.25, -0.2) is 0 Å². The first-order chi connectivity index (χ1) is 7.27. The van der Waals surface area contributed by atoms with Crippen LogP contribution in [0.15, 0.2) is 0 Å². The van der Waals surface area contributed by atoms with Crippen molar-refractivity contribution < 1.29 is 4.79 Å². The highest BCUT2D eigenvalue weighted by Gasteiger charge is 2.45. The van der Waals surface area contributed by atoms with E-state index in [1.807, 2.05) is 0 Å². The number of fused-ring (bicyclic) bond motifs is 1. The lowest BCUT2D eigenvalue weighted by Crippen LogP contribution is -2.38. The van der Waals surface area contributed by atoms with Crippen LogP contribution >= 0.6 is 0 Å². The molecule has 2 saturated carbocycles. The van der Waals surface area contributed by atoms with Gasteiger partial charge in [0.2, 0.25) is 0 Å². The molecule has 1 heterocycles. The van der Waals surface area contributed by atoms with Crippen molar-refractivity contribution in [2.24, 2.45) is 23.7 Å². The van der Waals surface area contributed by atoms with E-state index in [1.54, 1.807) is 0 Å². The van der Waals surface area contributed by atoms with E-state index >= 15 is 0 Å². The van der Waals surface area contributed by atoms with E-state index in [0.717, 1.165) is 31.2 Å². The minimum absolute atomic E-state index is 0.269. The summed E-state index contributed by atoms with van der Waals surface area (Å²) < 4.78 is 0. The van der Waals surface area contributed by atoms with Gasteiger partial charge in [0.25, 0.3) is 0 Å². The van der Waals surface area contributed by atoms with E-state index in [1.165, 1.54) is 19.3 Å². The highest BCUT2D eigenvalue weighted by molar-refractivity contribution is 5.85. The van der Waals surface area contributed by atoms with Crippen LogP contribution in [0.2, 0.25) is 0 Å². The molecule has 3 fully saturated rings. The molecule has 1 aliphatic heterocycles. The molecule has 15 heavy (non-hydrogen) atoms. The molecule has 0 aromatic heterocycles. The Hall–Kier alpha value is -0.370. The number of nitrogens with one attached hydrogen (secondary N) is 1. The zero-order valence-electron chi connectivity index (χ0n) is 9.54. The minimum atomic E-state index is 0.269. The largest absolute Gasteiger partial charge is 0.313 e. The second-order valence-electron chi connectivity index (χ2n) is 5.75. The van der Waals surface area contributed by atoms with Gasteiger partial charge in [0.1, 0.15) is 5.78 Å². The molecular formula is C13H21NO. The lowest BCUT2D eigenvalue weighted by molar-refractivity contribution is -0.124. The number of carbonyl (C=O) groups is 1. The Morgan fingerprint density at radius 3 is 2.80 bits per heavy atom. The van der Waals surface area contributed by atoms with Crippen molar-refractivity contribution in [3.63, 3.8) is 0 Å². The van der Waals surface area contributed by atoms with E-state index in [0.29, 0.717) is 17.7 Å². The molecule has 0 amide bonds. The standard InChI is InChI=1S/C13H21NO/c1-8(13(15)9-5-6-9)12-11-4-2-3-10(11)7-14-12/h8-12,14H,2-7H2,1H3. The summed E-state index contributed by atoms with van der Waals surface area (Å²) in [6, 6.07) is 0.505. The highest BCUT2D eigenvalue weighted by Crippen LogP contribution is 2.42. The fraction of sp³-hybridized carbons (Fsp3) is 0.923. The predicted molar refractivity (Wildman–Crippen MR) is 59.5 cm³/mol. The number of hydrogen-bond donors (Lipinski definition) is 1. The van der Waals surface area contributed by atoms with Gasteiger partial charge in [-0.1, -0.05) is 13.3 Å². The van der Waals surface area contributed by atoms with Crippen LogP contribution in [0, 0.1) is 23.7 Å². The van der Waals surface area contributed by atoms with Gasteiger partial charge < -0.3 is 5.32 Å². The Kier molecular flexibility index (Phi) is 2.35. The van der Waals surface area contributed by atoms with Crippen LogP contribution in [0.5, 0.6) is 0 Å². The van der Waals surface area contributed by atoms with Crippen molar-refractivity contribution in [2.75, 3.05) is 6.54 Å². The summed E-state index contributed by atoms with van der Waals surface area (Å²) in [5, 5.41) is 3.60. The number of Topliss-reactive ketones (excluding diaryl/α,β-unsaturated/α-hetero) is 1. The maximum absolute atomic E-state index is 12.0. The van der Waals surface area contributed by atoms with E-state index in [-0.39, 0.29) is 5.92 Å². The van der Waals surface area contributed by atoms with Gasteiger partial charge >= 0.3 is 0 Å². The van der Waals surface area contributed by atoms with Crippen molar-refractivity contribution in [2.45, 2.75) is 45.1 Å². The topological polar surface area (TPSA) is 29.1 Å². The van der Waals surface area contributed by atoms with E-state index in [4.69, 9.17) is 0 Å². The van der Waals surface area contributed by atoms with Crippen molar-refractivity contribution >= 4 is 5.78 Å². The molecule has 1 saturated heterocycles. The summed E-state index contributed by atoms with van der Waals surface area (Å²) in [5.74, 6) is 2.93. The van der Waals surface area contributed by atoms with Crippen LogP contribution in [-0.2, 0) is 4.79 Å². The highest BCUT2D eigenvalue weighted by atomic mass is 16.1. The smallest absolute Gasteiger partial charge is 0.140 e. The second kappa shape index (κ2) is 3.58. The first-order valence-corrected chi connectivity index (χ1v) is 6.54. The molecule has 2 heteroatoms. The van der Waals surface area contributed by atoms with Gasteiger partial charge in [-0.2, -0.15) is 0 Å². The fourth-order valence-corrected chi connectivity index (χ4v) is 3.69. The van der Waals surface area contributed by atoms with E-state index < -0.39 is 0 Å². The maximum atomic E-state index is 12.0. The number of hydrogen-bond acceptors (Lipinski definition) is 2. The summed E-state index contributed by atoms with van der Waals surface area (Å²) in [5.41, 5.74) is 0. The van der Waals surface area contributed by atoms with Crippen molar-refractivity contribution in [1.29, 1.82) is 0 Å². The third kappa shape index (κ3) is 1.63. The average Bonchev–Trinajstić information content (AvgIpc) is 2.84. The lowest BCUT2D eigenvalue weighted by atomic mass is 9.83. The molecule has 2 nitrogen and oxygen atoms in total. The first kappa shape index (κ1) is 9.83. The first-order valence-electron chi connectivity index (χ1n) is 6.54. The Balaban J connectivity index is 1.68. The molecule has 0 aromatic carbocycles. The molecule has 84 valence electrons. The van der Waals surface area contributed by atoms with Gasteiger partial charge in [0, 0.05) is 17.9 Å². The number of carbonyl (C=O) groups excluding carboxylic acids is 1. The van der Waals surface area contributed by atoms with Crippen LogP contribution in [0.1, 0.15) is 39.0 Å². The molecule has 0 radical (unpaired) electrons. The quantitative estimate of drug-likeness (QED) is 0.767. The predicted octanol–water partition coefficient (Wildman–Crippen LogP) is 1.99. The molecule has 4 unspecified atom stereocenters. The Bertz CT molecular complexity index is 272. The summed E-state index contributed by atoms with van der Waals surface area (Å²) in [6.07, 6.45) is 6.44. The zero-order valence-corrected chi connectivity index (χ0v) is 9.54. The molecule has 2 aliphatic carbocycles. The van der Waals surface area contributed by atoms with Gasteiger partial charge in [-0.15, -0.1) is 0 Å². The fourth-order valence-electron chi connectivity index (χ4n) is 3.69. The number of rotatable bonds is 3. The van der Waals surface area contributed by atoms with Gasteiger partial charge in [0.05, 0.1) is 0 Å². The maximum Gasteiger partial charge on any atom is 0.140 e. The third-order valence-electron chi connectivity index (χ3n) is 4.76. The molecule has 3 rings (SSSR count). The molecule has 3 aliphatic rings. The van der Waals surface area contributed by atoms with Crippen molar-refractivity contribution in [3.8, 4) is 0 Å². The summed E-state index contributed by atoms with van der Waals surface area (Å²) in [6.45, 7) is 3.32. The average molecular weight is 207 g/mol. The SMILES string of the molecule is CC(C(=O)C1CC1)C1NCC2CCCC21. The molecular weight excluding hydrogens is 186 g/mol. The summed E-state index contributed by atoms with van der Waals surface area (Å²) >= 11 is 0. The minimum Gasteiger partial charge on any atom is -0.313 e.